The molecule has 0 saturated heterocycles. The Hall–Kier alpha value is 0.910. The van der Waals surface area contributed by atoms with Crippen molar-refractivity contribution in [3.63, 3.8) is 0 Å². The van der Waals surface area contributed by atoms with Crippen molar-refractivity contribution in [2.24, 2.45) is 0 Å². The molecule has 0 radical (unpaired) electrons. The van der Waals surface area contributed by atoms with Crippen molar-refractivity contribution in [3.8, 4) is 0 Å². The number of hydrogen-bond donors (Lipinski definition) is 0. The summed E-state index contributed by atoms with van der Waals surface area (Å²) in [5, 5.41) is 0. The van der Waals surface area contributed by atoms with Crippen LogP contribution in [0.15, 0.2) is 9.85 Å². The smallest absolute Gasteiger partial charge is 0.0712 e. The van der Waals surface area contributed by atoms with E-state index in [-0.39, 0.29) is 0 Å². The van der Waals surface area contributed by atoms with E-state index in [0.717, 1.165) is 0 Å². The van der Waals surface area contributed by atoms with Crippen molar-refractivity contribution in [3.05, 3.63) is 18.3 Å². The van der Waals surface area contributed by atoms with E-state index in [1.807, 2.05) is 0 Å². The summed E-state index contributed by atoms with van der Waals surface area (Å²) in [5.41, 5.74) is 0. The third kappa shape index (κ3) is 1.45. The summed E-state index contributed by atoms with van der Waals surface area (Å²) >= 11 is 7.50. The third-order valence-corrected chi connectivity index (χ3v) is 3.87. The van der Waals surface area contributed by atoms with Gasteiger partial charge in [-0.15, -0.1) is 11.3 Å². The zero-order valence-corrected chi connectivity index (χ0v) is 8.80. The molecule has 3 heteroatoms. The van der Waals surface area contributed by atoms with Gasteiger partial charge in [-0.25, -0.2) is 0 Å². The molecule has 0 bridgehead atoms. The van der Waals surface area contributed by atoms with Gasteiger partial charge in [0, 0.05) is 8.45 Å². The molecule has 1 aromatic heterocycles. The minimum absolute atomic E-state index is 1.22. The Morgan fingerprint density at radius 2 is 2.38 bits per heavy atom. The zero-order valence-electron chi connectivity index (χ0n) is 4.24. The Bertz CT molecular complexity index is 175. The van der Waals surface area contributed by atoms with Crippen molar-refractivity contribution in [1.29, 1.82) is 0 Å². The highest BCUT2D eigenvalue weighted by Gasteiger charge is 1.96. The molecule has 0 aliphatic heterocycles. The molecule has 1 rings (SSSR count). The molecule has 1 heterocycles. The lowest BCUT2D eigenvalue weighted by Crippen LogP contribution is -1.59. The van der Waals surface area contributed by atoms with Crippen LogP contribution in [-0.4, -0.2) is 0 Å². The fourth-order valence-corrected chi connectivity index (χ4v) is 3.29. The van der Waals surface area contributed by atoms with Crippen molar-refractivity contribution < 1.29 is 0 Å². The van der Waals surface area contributed by atoms with Gasteiger partial charge >= 0.3 is 0 Å². The summed E-state index contributed by atoms with van der Waals surface area (Å²) < 4.78 is 2.57. The Balaban J connectivity index is 3.14. The first-order chi connectivity index (χ1) is 3.70. The fourth-order valence-electron chi connectivity index (χ4n) is 0.426. The zero-order chi connectivity index (χ0) is 6.15. The highest BCUT2D eigenvalue weighted by atomic mass is 127. The molecular formula is C5H4BrIS. The van der Waals surface area contributed by atoms with E-state index in [9.17, 15) is 0 Å². The van der Waals surface area contributed by atoms with Crippen LogP contribution >= 0.6 is 49.9 Å². The summed E-state index contributed by atoms with van der Waals surface area (Å²) in [5.74, 6) is 0. The van der Waals surface area contributed by atoms with Crippen LogP contribution in [0.4, 0.5) is 0 Å². The summed E-state index contributed by atoms with van der Waals surface area (Å²) in [4.78, 5) is 1.39. The van der Waals surface area contributed by atoms with Crippen LogP contribution in [0.1, 0.15) is 4.88 Å². The maximum absolute atomic E-state index is 3.40. The summed E-state index contributed by atoms with van der Waals surface area (Å²) in [7, 11) is 0. The second-order valence-electron chi connectivity index (χ2n) is 1.45. The Morgan fingerprint density at radius 1 is 1.75 bits per heavy atom. The van der Waals surface area contributed by atoms with Crippen molar-refractivity contribution in [2.75, 3.05) is 0 Å². The van der Waals surface area contributed by atoms with Crippen LogP contribution in [-0.2, 0) is 0 Å². The van der Waals surface area contributed by atoms with E-state index in [0.29, 0.717) is 0 Å². The topological polar surface area (TPSA) is 0 Å². The highest BCUT2D eigenvalue weighted by molar-refractivity contribution is 14.1. The van der Waals surface area contributed by atoms with Crippen LogP contribution in [0.5, 0.6) is 0 Å². The molecule has 0 unspecified atom stereocenters. The van der Waals surface area contributed by atoms with Crippen LogP contribution in [0, 0.1) is 10.5 Å². The molecule has 0 aromatic carbocycles. The maximum Gasteiger partial charge on any atom is 0.0712 e. The van der Waals surface area contributed by atoms with Gasteiger partial charge in [0.2, 0.25) is 0 Å². The predicted molar refractivity (Wildman–Crippen MR) is 49.5 cm³/mol. The van der Waals surface area contributed by atoms with Gasteiger partial charge in [0.05, 0.1) is 3.79 Å². The summed E-state index contributed by atoms with van der Waals surface area (Å²) in [6, 6.07) is 2.13. The molecule has 0 amide bonds. The van der Waals surface area contributed by atoms with E-state index >= 15 is 0 Å². The Kier molecular flexibility index (Phi) is 2.34. The van der Waals surface area contributed by atoms with E-state index in [4.69, 9.17) is 0 Å². The minimum atomic E-state index is 1.22. The number of rotatable bonds is 0. The standard InChI is InChI=1S/C5H4BrIS/c1-3-4(7)2-5(6)8-3/h2H,1H3. The van der Waals surface area contributed by atoms with E-state index in [1.165, 1.54) is 12.2 Å². The van der Waals surface area contributed by atoms with Gasteiger partial charge in [-0.1, -0.05) is 0 Å². The van der Waals surface area contributed by atoms with E-state index < -0.39 is 0 Å². The first-order valence-electron chi connectivity index (χ1n) is 2.11. The van der Waals surface area contributed by atoms with Crippen LogP contribution in [0.3, 0.4) is 0 Å². The molecule has 0 N–H and O–H groups in total. The van der Waals surface area contributed by atoms with Crippen molar-refractivity contribution in [1.82, 2.24) is 0 Å². The molecule has 0 saturated carbocycles. The monoisotopic (exact) mass is 302 g/mol. The SMILES string of the molecule is Cc1sc(Br)cc1I. The predicted octanol–water partition coefficient (Wildman–Crippen LogP) is 3.42. The Labute approximate surface area is 74.6 Å². The van der Waals surface area contributed by atoms with E-state index in [1.54, 1.807) is 11.3 Å². The normalized spacial score (nSPS) is 9.88. The molecule has 0 aliphatic carbocycles. The maximum atomic E-state index is 3.40. The van der Waals surface area contributed by atoms with Crippen LogP contribution < -0.4 is 0 Å². The average Bonchev–Trinajstić information content (AvgIpc) is 1.85. The largest absolute Gasteiger partial charge is 0.132 e. The van der Waals surface area contributed by atoms with Gasteiger partial charge in [-0.05, 0) is 51.5 Å². The minimum Gasteiger partial charge on any atom is -0.132 e. The third-order valence-electron chi connectivity index (χ3n) is 0.827. The van der Waals surface area contributed by atoms with Gasteiger partial charge in [0.25, 0.3) is 0 Å². The summed E-state index contributed by atoms with van der Waals surface area (Å²) in [6.07, 6.45) is 0. The van der Waals surface area contributed by atoms with Gasteiger partial charge in [-0.3, -0.25) is 0 Å². The molecule has 0 atom stereocenters. The molecule has 0 fully saturated rings. The molecule has 0 aliphatic rings. The van der Waals surface area contributed by atoms with Gasteiger partial charge < -0.3 is 0 Å². The number of aryl methyl sites for hydroxylation is 1. The second kappa shape index (κ2) is 2.66. The highest BCUT2D eigenvalue weighted by Crippen LogP contribution is 2.26. The lowest BCUT2D eigenvalue weighted by molar-refractivity contribution is 1.58. The molecule has 44 valence electrons. The lowest BCUT2D eigenvalue weighted by Gasteiger charge is -1.77. The molecule has 8 heavy (non-hydrogen) atoms. The first kappa shape index (κ1) is 7.02. The second-order valence-corrected chi connectivity index (χ2v) is 5.25. The van der Waals surface area contributed by atoms with Gasteiger partial charge in [0.1, 0.15) is 0 Å². The average molecular weight is 303 g/mol. The number of thiophene rings is 1. The first-order valence-corrected chi connectivity index (χ1v) is 4.80. The van der Waals surface area contributed by atoms with Crippen molar-refractivity contribution >= 4 is 49.9 Å². The molecule has 1 aromatic rings. The Morgan fingerprint density at radius 3 is 2.50 bits per heavy atom. The van der Waals surface area contributed by atoms with E-state index in [2.05, 4.69) is 51.5 Å². The lowest BCUT2D eigenvalue weighted by atomic mass is 10.5. The molecule has 0 spiro atoms. The van der Waals surface area contributed by atoms with Gasteiger partial charge in [0.15, 0.2) is 0 Å². The van der Waals surface area contributed by atoms with Crippen LogP contribution in [0.2, 0.25) is 0 Å². The number of hydrogen-bond acceptors (Lipinski definition) is 1. The molecular weight excluding hydrogens is 299 g/mol. The summed E-state index contributed by atoms with van der Waals surface area (Å²) in [6.45, 7) is 2.12. The number of halogens is 2. The quantitative estimate of drug-likeness (QED) is 0.644. The van der Waals surface area contributed by atoms with Crippen molar-refractivity contribution in [2.45, 2.75) is 6.92 Å². The van der Waals surface area contributed by atoms with Crippen LogP contribution in [0.25, 0.3) is 0 Å². The fraction of sp³-hybridized carbons (Fsp3) is 0.200. The van der Waals surface area contributed by atoms with Gasteiger partial charge in [-0.2, -0.15) is 0 Å². The molecule has 0 nitrogen and oxygen atoms in total.